The van der Waals surface area contributed by atoms with Gasteiger partial charge < -0.3 is 15.3 Å². The number of carbonyl (C=O) groups is 2. The van der Waals surface area contributed by atoms with Crippen molar-refractivity contribution >= 4 is 17.5 Å². The summed E-state index contributed by atoms with van der Waals surface area (Å²) in [4.78, 5) is 24.5. The van der Waals surface area contributed by atoms with Gasteiger partial charge in [-0.1, -0.05) is 0 Å². The van der Waals surface area contributed by atoms with Crippen molar-refractivity contribution in [2.24, 2.45) is 0 Å². The number of nitrogens with zero attached hydrogens (tertiary/aromatic N) is 1. The van der Waals surface area contributed by atoms with Gasteiger partial charge >= 0.3 is 11.8 Å². The number of nitrogens with one attached hydrogen (secondary N) is 1. The molecule has 1 atom stereocenters. The Morgan fingerprint density at radius 2 is 2.05 bits per heavy atom. The van der Waals surface area contributed by atoms with Crippen molar-refractivity contribution < 1.29 is 23.5 Å². The Morgan fingerprint density at radius 3 is 2.63 bits per heavy atom. The lowest BCUT2D eigenvalue weighted by Crippen LogP contribution is -2.38. The maximum absolute atomic E-state index is 12.9. The normalized spacial score (nSPS) is 18.5. The number of hydrogen-bond acceptors (Lipinski definition) is 3. The van der Waals surface area contributed by atoms with Crippen molar-refractivity contribution in [1.82, 2.24) is 4.90 Å². The number of rotatable bonds is 1. The van der Waals surface area contributed by atoms with Crippen LogP contribution in [0.5, 0.6) is 0 Å². The van der Waals surface area contributed by atoms with Gasteiger partial charge in [-0.25, -0.2) is 8.78 Å². The number of benzene rings is 1. The summed E-state index contributed by atoms with van der Waals surface area (Å²) in [5, 5.41) is 11.5. The van der Waals surface area contributed by atoms with Crippen LogP contribution in [-0.4, -0.2) is 41.0 Å². The van der Waals surface area contributed by atoms with Crippen molar-refractivity contribution in [2.45, 2.75) is 12.5 Å². The largest absolute Gasteiger partial charge is 0.391 e. The van der Waals surface area contributed by atoms with Crippen molar-refractivity contribution in [1.29, 1.82) is 0 Å². The first-order valence-corrected chi connectivity index (χ1v) is 5.71. The summed E-state index contributed by atoms with van der Waals surface area (Å²) in [6.07, 6.45) is -0.204. The molecular formula is C12H12F2N2O3. The molecule has 0 radical (unpaired) electrons. The van der Waals surface area contributed by atoms with Crippen LogP contribution in [0.2, 0.25) is 0 Å². The van der Waals surface area contributed by atoms with Gasteiger partial charge in [-0.3, -0.25) is 9.59 Å². The number of halogens is 2. The first-order valence-electron chi connectivity index (χ1n) is 5.71. The van der Waals surface area contributed by atoms with Crippen LogP contribution >= 0.6 is 0 Å². The lowest BCUT2D eigenvalue weighted by molar-refractivity contribution is -0.142. The van der Waals surface area contributed by atoms with E-state index in [-0.39, 0.29) is 12.2 Å². The second-order valence-corrected chi connectivity index (χ2v) is 4.28. The highest BCUT2D eigenvalue weighted by molar-refractivity contribution is 6.39. The van der Waals surface area contributed by atoms with E-state index < -0.39 is 29.6 Å². The van der Waals surface area contributed by atoms with Gasteiger partial charge in [-0.15, -0.1) is 0 Å². The molecule has 1 fully saturated rings. The van der Waals surface area contributed by atoms with E-state index in [0.29, 0.717) is 13.0 Å². The third-order valence-corrected chi connectivity index (χ3v) is 2.82. The second-order valence-electron chi connectivity index (χ2n) is 4.28. The smallest absolute Gasteiger partial charge is 0.313 e. The van der Waals surface area contributed by atoms with Crippen LogP contribution in [0.3, 0.4) is 0 Å². The average Bonchev–Trinajstić information content (AvgIpc) is 2.79. The van der Waals surface area contributed by atoms with Crippen LogP contribution in [0.1, 0.15) is 6.42 Å². The lowest BCUT2D eigenvalue weighted by atomic mass is 10.3. The Bertz CT molecular complexity index is 522. The number of carbonyl (C=O) groups excluding carboxylic acids is 2. The van der Waals surface area contributed by atoms with Crippen LogP contribution in [-0.2, 0) is 9.59 Å². The fourth-order valence-corrected chi connectivity index (χ4v) is 1.83. The number of aliphatic hydroxyl groups is 1. The maximum Gasteiger partial charge on any atom is 0.313 e. The number of likely N-dealkylation sites (tertiary alicyclic amines) is 1. The van der Waals surface area contributed by atoms with Crippen molar-refractivity contribution in [3.8, 4) is 0 Å². The maximum atomic E-state index is 12.9. The van der Waals surface area contributed by atoms with Gasteiger partial charge in [0.15, 0.2) is 11.6 Å². The molecule has 1 heterocycles. The Kier molecular flexibility index (Phi) is 3.75. The molecule has 1 aliphatic rings. The van der Waals surface area contributed by atoms with Crippen LogP contribution in [0.25, 0.3) is 0 Å². The molecule has 5 nitrogen and oxygen atoms in total. The number of amides is 2. The molecule has 19 heavy (non-hydrogen) atoms. The molecule has 2 N–H and O–H groups in total. The fraction of sp³-hybridized carbons (Fsp3) is 0.333. The highest BCUT2D eigenvalue weighted by Gasteiger charge is 2.28. The van der Waals surface area contributed by atoms with E-state index in [9.17, 15) is 23.5 Å². The first kappa shape index (κ1) is 13.4. The molecule has 0 unspecified atom stereocenters. The first-order chi connectivity index (χ1) is 8.97. The van der Waals surface area contributed by atoms with E-state index in [0.717, 1.165) is 18.2 Å². The predicted octanol–water partition coefficient (Wildman–Crippen LogP) is 0.496. The van der Waals surface area contributed by atoms with Gasteiger partial charge in [-0.2, -0.15) is 0 Å². The summed E-state index contributed by atoms with van der Waals surface area (Å²) in [7, 11) is 0. The van der Waals surface area contributed by atoms with Gasteiger partial charge in [-0.05, 0) is 18.6 Å². The monoisotopic (exact) mass is 270 g/mol. The lowest BCUT2D eigenvalue weighted by Gasteiger charge is -2.14. The number of aliphatic hydroxyl groups excluding tert-OH is 1. The highest BCUT2D eigenvalue weighted by atomic mass is 19.2. The van der Waals surface area contributed by atoms with E-state index in [1.165, 1.54) is 4.90 Å². The molecule has 1 aliphatic heterocycles. The zero-order valence-electron chi connectivity index (χ0n) is 9.90. The zero-order valence-corrected chi connectivity index (χ0v) is 9.90. The Balaban J connectivity index is 2.00. The summed E-state index contributed by atoms with van der Waals surface area (Å²) >= 11 is 0. The topological polar surface area (TPSA) is 69.6 Å². The van der Waals surface area contributed by atoms with Crippen LogP contribution in [0.4, 0.5) is 14.5 Å². The second kappa shape index (κ2) is 5.31. The fourth-order valence-electron chi connectivity index (χ4n) is 1.83. The van der Waals surface area contributed by atoms with Crippen LogP contribution < -0.4 is 5.32 Å². The molecule has 102 valence electrons. The molecule has 0 bridgehead atoms. The molecular weight excluding hydrogens is 258 g/mol. The summed E-state index contributed by atoms with van der Waals surface area (Å²) in [6.45, 7) is 0.398. The van der Waals surface area contributed by atoms with Crippen LogP contribution in [0, 0.1) is 11.6 Å². The van der Waals surface area contributed by atoms with E-state index in [1.807, 2.05) is 0 Å². The van der Waals surface area contributed by atoms with E-state index in [4.69, 9.17) is 0 Å². The quantitative estimate of drug-likeness (QED) is 0.730. The van der Waals surface area contributed by atoms with Gasteiger partial charge in [0.25, 0.3) is 0 Å². The summed E-state index contributed by atoms with van der Waals surface area (Å²) in [6, 6.07) is 2.80. The SMILES string of the molecule is O=C(Nc1ccc(F)c(F)c1)C(=O)N1CC[C@@H](O)C1. The van der Waals surface area contributed by atoms with Crippen molar-refractivity contribution in [3.63, 3.8) is 0 Å². The molecule has 1 saturated heterocycles. The van der Waals surface area contributed by atoms with Gasteiger partial charge in [0, 0.05) is 24.8 Å². The molecule has 7 heteroatoms. The third-order valence-electron chi connectivity index (χ3n) is 2.82. The summed E-state index contributed by atoms with van der Waals surface area (Å²) < 4.78 is 25.6. The van der Waals surface area contributed by atoms with E-state index in [1.54, 1.807) is 0 Å². The van der Waals surface area contributed by atoms with Crippen molar-refractivity contribution in [2.75, 3.05) is 18.4 Å². The minimum absolute atomic E-state index is 0.00278. The predicted molar refractivity (Wildman–Crippen MR) is 62.2 cm³/mol. The molecule has 1 aromatic rings. The Labute approximate surface area is 107 Å². The van der Waals surface area contributed by atoms with E-state index in [2.05, 4.69) is 5.32 Å². The Hall–Kier alpha value is -2.02. The molecule has 0 aliphatic carbocycles. The van der Waals surface area contributed by atoms with Gasteiger partial charge in [0.05, 0.1) is 6.10 Å². The molecule has 2 rings (SSSR count). The third kappa shape index (κ3) is 3.05. The minimum atomic E-state index is -1.11. The summed E-state index contributed by atoms with van der Waals surface area (Å²) in [5.74, 6) is -3.89. The molecule has 0 aromatic heterocycles. The average molecular weight is 270 g/mol. The van der Waals surface area contributed by atoms with E-state index >= 15 is 0 Å². The standard InChI is InChI=1S/C12H12F2N2O3/c13-9-2-1-7(5-10(9)14)15-11(18)12(19)16-4-3-8(17)6-16/h1-2,5,8,17H,3-4,6H2,(H,15,18)/t8-/m1/s1. The zero-order chi connectivity index (χ0) is 14.0. The minimum Gasteiger partial charge on any atom is -0.391 e. The number of β-amino-alcohol motifs (C(OH)–C–C–N with tert-alkyl or cyclic N) is 1. The Morgan fingerprint density at radius 1 is 1.32 bits per heavy atom. The molecule has 2 amide bonds. The number of anilines is 1. The van der Waals surface area contributed by atoms with Crippen molar-refractivity contribution in [3.05, 3.63) is 29.8 Å². The number of hydrogen-bond donors (Lipinski definition) is 2. The molecule has 0 saturated carbocycles. The summed E-state index contributed by atoms with van der Waals surface area (Å²) in [5.41, 5.74) is -0.00278. The van der Waals surface area contributed by atoms with Gasteiger partial charge in [0.2, 0.25) is 0 Å². The molecule has 1 aromatic carbocycles. The van der Waals surface area contributed by atoms with Crippen LogP contribution in [0.15, 0.2) is 18.2 Å². The molecule has 0 spiro atoms. The van der Waals surface area contributed by atoms with Gasteiger partial charge in [0.1, 0.15) is 0 Å². The highest BCUT2D eigenvalue weighted by Crippen LogP contribution is 2.14.